The fourth-order valence-corrected chi connectivity index (χ4v) is 1.39. The Morgan fingerprint density at radius 2 is 1.64 bits per heavy atom. The van der Waals surface area contributed by atoms with Crippen molar-refractivity contribution in [3.05, 3.63) is 0 Å². The minimum atomic E-state index is -0.163. The molecule has 2 atom stereocenters. The van der Waals surface area contributed by atoms with E-state index in [0.29, 0.717) is 6.42 Å². The molecule has 0 aliphatic carbocycles. The highest BCUT2D eigenvalue weighted by Gasteiger charge is 2.18. The molecule has 0 aromatic carbocycles. The zero-order valence-corrected chi connectivity index (χ0v) is 8.53. The minimum Gasteiger partial charge on any atom is -0.198 e. The maximum absolute atomic E-state index is 8.85. The molecule has 0 aliphatic heterocycles. The van der Waals surface area contributed by atoms with Gasteiger partial charge in [-0.15, -0.1) is 0 Å². The van der Waals surface area contributed by atoms with Crippen molar-refractivity contribution in [1.29, 1.82) is 15.8 Å². The molecule has 0 fully saturated rings. The smallest absolute Gasteiger partial charge is 0.0669 e. The van der Waals surface area contributed by atoms with E-state index in [4.69, 9.17) is 15.8 Å². The summed E-state index contributed by atoms with van der Waals surface area (Å²) in [6, 6.07) is 6.40. The van der Waals surface area contributed by atoms with Crippen LogP contribution < -0.4 is 0 Å². The van der Waals surface area contributed by atoms with Gasteiger partial charge in [-0.3, -0.25) is 0 Å². The lowest BCUT2D eigenvalue weighted by atomic mass is 9.88. The molecule has 74 valence electrons. The lowest BCUT2D eigenvalue weighted by Gasteiger charge is -2.12. The number of unbranched alkanes of at least 4 members (excludes halogenated alkanes) is 2. The number of hydrogen-bond acceptors (Lipinski definition) is 3. The van der Waals surface area contributed by atoms with Crippen LogP contribution in [-0.4, -0.2) is 0 Å². The van der Waals surface area contributed by atoms with E-state index < -0.39 is 0 Å². The van der Waals surface area contributed by atoms with Crippen molar-refractivity contribution in [2.24, 2.45) is 11.8 Å². The summed E-state index contributed by atoms with van der Waals surface area (Å²) < 4.78 is 0. The molecular weight excluding hydrogens is 174 g/mol. The van der Waals surface area contributed by atoms with Gasteiger partial charge in [-0.2, -0.15) is 15.8 Å². The number of nitriles is 3. The molecule has 0 spiro atoms. The molecule has 0 N–H and O–H groups in total. The molecule has 0 rings (SSSR count). The lowest BCUT2D eigenvalue weighted by molar-refractivity contribution is 0.435. The normalized spacial score (nSPS) is 13.3. The largest absolute Gasteiger partial charge is 0.198 e. The minimum absolute atomic E-state index is 0.151. The van der Waals surface area contributed by atoms with E-state index in [0.717, 1.165) is 25.7 Å². The maximum Gasteiger partial charge on any atom is 0.0669 e. The van der Waals surface area contributed by atoms with Crippen molar-refractivity contribution in [1.82, 2.24) is 0 Å². The first-order valence-corrected chi connectivity index (χ1v) is 4.96. The highest BCUT2D eigenvalue weighted by atomic mass is 14.3. The van der Waals surface area contributed by atoms with Crippen molar-refractivity contribution in [2.75, 3.05) is 0 Å². The van der Waals surface area contributed by atoms with E-state index in [1.165, 1.54) is 0 Å². The van der Waals surface area contributed by atoms with Crippen LogP contribution >= 0.6 is 0 Å². The Bertz CT molecular complexity index is 264. The molecule has 3 heteroatoms. The Balaban J connectivity index is 3.88. The van der Waals surface area contributed by atoms with Crippen molar-refractivity contribution in [3.8, 4) is 18.2 Å². The highest BCUT2D eigenvalue weighted by Crippen LogP contribution is 2.20. The summed E-state index contributed by atoms with van der Waals surface area (Å²) in [7, 11) is 0. The molecule has 0 bridgehead atoms. The van der Waals surface area contributed by atoms with Crippen LogP contribution in [-0.2, 0) is 0 Å². The van der Waals surface area contributed by atoms with Crippen LogP contribution in [0.5, 0.6) is 0 Å². The second-order valence-electron chi connectivity index (χ2n) is 3.28. The van der Waals surface area contributed by atoms with Crippen LogP contribution in [0.1, 0.15) is 39.0 Å². The highest BCUT2D eigenvalue weighted by molar-refractivity contribution is 4.97. The maximum atomic E-state index is 8.85. The monoisotopic (exact) mass is 189 g/mol. The van der Waals surface area contributed by atoms with Crippen LogP contribution in [0.2, 0.25) is 0 Å². The topological polar surface area (TPSA) is 71.4 Å². The van der Waals surface area contributed by atoms with E-state index in [9.17, 15) is 0 Å². The van der Waals surface area contributed by atoms with Gasteiger partial charge in [0, 0.05) is 6.42 Å². The molecule has 14 heavy (non-hydrogen) atoms. The van der Waals surface area contributed by atoms with Gasteiger partial charge in [0.2, 0.25) is 0 Å². The average molecular weight is 189 g/mol. The van der Waals surface area contributed by atoms with Gasteiger partial charge in [-0.1, -0.05) is 13.3 Å². The second-order valence-corrected chi connectivity index (χ2v) is 3.28. The zero-order valence-electron chi connectivity index (χ0n) is 8.53. The summed E-state index contributed by atoms with van der Waals surface area (Å²) in [4.78, 5) is 0. The summed E-state index contributed by atoms with van der Waals surface area (Å²) in [5.41, 5.74) is 0. The van der Waals surface area contributed by atoms with Crippen molar-refractivity contribution < 1.29 is 0 Å². The van der Waals surface area contributed by atoms with Gasteiger partial charge in [-0.05, 0) is 19.3 Å². The first-order valence-electron chi connectivity index (χ1n) is 4.96. The lowest BCUT2D eigenvalue weighted by Crippen LogP contribution is -2.10. The number of rotatable bonds is 6. The molecule has 2 unspecified atom stereocenters. The molecule has 0 aromatic heterocycles. The van der Waals surface area contributed by atoms with E-state index in [1.807, 2.05) is 6.92 Å². The van der Waals surface area contributed by atoms with E-state index in [1.54, 1.807) is 0 Å². The Hall–Kier alpha value is -1.53. The van der Waals surface area contributed by atoms with E-state index >= 15 is 0 Å². The molecule has 0 saturated heterocycles. The summed E-state index contributed by atoms with van der Waals surface area (Å²) >= 11 is 0. The molecule has 0 aromatic rings. The van der Waals surface area contributed by atoms with Gasteiger partial charge in [0.15, 0.2) is 0 Å². The summed E-state index contributed by atoms with van der Waals surface area (Å²) in [5, 5.41) is 25.9. The van der Waals surface area contributed by atoms with Gasteiger partial charge in [0.25, 0.3) is 0 Å². The molecular formula is C11H15N3. The first kappa shape index (κ1) is 12.5. The van der Waals surface area contributed by atoms with Crippen molar-refractivity contribution in [3.63, 3.8) is 0 Å². The van der Waals surface area contributed by atoms with Crippen LogP contribution in [0.3, 0.4) is 0 Å². The molecule has 0 aliphatic rings. The quantitative estimate of drug-likeness (QED) is 0.603. The molecule has 0 amide bonds. The Labute approximate surface area is 85.6 Å². The van der Waals surface area contributed by atoms with Crippen LogP contribution in [0.4, 0.5) is 0 Å². The van der Waals surface area contributed by atoms with E-state index in [2.05, 4.69) is 18.2 Å². The third-order valence-corrected chi connectivity index (χ3v) is 2.31. The van der Waals surface area contributed by atoms with Gasteiger partial charge < -0.3 is 0 Å². The standard InChI is InChI=1S/C11H15N3/c1-2-10(8-13)11(9-14)6-4-3-5-7-12/h10-11H,2-6H2,1H3. The Morgan fingerprint density at radius 1 is 1.00 bits per heavy atom. The van der Waals surface area contributed by atoms with Gasteiger partial charge in [0.05, 0.1) is 30.0 Å². The predicted octanol–water partition coefficient (Wildman–Crippen LogP) is 2.76. The summed E-state index contributed by atoms with van der Waals surface area (Å²) in [5.74, 6) is -0.314. The predicted molar refractivity (Wildman–Crippen MR) is 52.6 cm³/mol. The van der Waals surface area contributed by atoms with Crippen LogP contribution in [0.25, 0.3) is 0 Å². The van der Waals surface area contributed by atoms with Crippen molar-refractivity contribution in [2.45, 2.75) is 39.0 Å². The molecule has 3 nitrogen and oxygen atoms in total. The van der Waals surface area contributed by atoms with Crippen LogP contribution in [0, 0.1) is 45.8 Å². The van der Waals surface area contributed by atoms with E-state index in [-0.39, 0.29) is 11.8 Å². The first-order chi connectivity index (χ1) is 6.79. The average Bonchev–Trinajstić information content (AvgIpc) is 2.23. The van der Waals surface area contributed by atoms with Crippen LogP contribution in [0.15, 0.2) is 0 Å². The fraction of sp³-hybridized carbons (Fsp3) is 0.727. The Kier molecular flexibility index (Phi) is 7.20. The third kappa shape index (κ3) is 4.48. The SMILES string of the molecule is CCC(C#N)C(C#N)CCCCC#N. The third-order valence-electron chi connectivity index (χ3n) is 2.31. The van der Waals surface area contributed by atoms with Gasteiger partial charge >= 0.3 is 0 Å². The fourth-order valence-electron chi connectivity index (χ4n) is 1.39. The molecule has 0 radical (unpaired) electrons. The van der Waals surface area contributed by atoms with Crippen molar-refractivity contribution >= 4 is 0 Å². The summed E-state index contributed by atoms with van der Waals surface area (Å²) in [6.45, 7) is 1.92. The number of nitrogens with zero attached hydrogens (tertiary/aromatic N) is 3. The Morgan fingerprint density at radius 3 is 2.07 bits per heavy atom. The summed E-state index contributed by atoms with van der Waals surface area (Å²) in [6.07, 6.45) is 3.71. The molecule has 0 heterocycles. The van der Waals surface area contributed by atoms with Gasteiger partial charge in [-0.25, -0.2) is 0 Å². The van der Waals surface area contributed by atoms with Gasteiger partial charge in [0.1, 0.15) is 0 Å². The zero-order chi connectivity index (χ0) is 10.8. The number of hydrogen-bond donors (Lipinski definition) is 0. The molecule has 0 saturated carbocycles. The second kappa shape index (κ2) is 8.09.